The van der Waals surface area contributed by atoms with Gasteiger partial charge < -0.3 is 20.3 Å². The van der Waals surface area contributed by atoms with E-state index in [9.17, 15) is 0 Å². The van der Waals surface area contributed by atoms with Crippen molar-refractivity contribution in [2.24, 2.45) is 12.0 Å². The molecule has 0 saturated carbocycles. The summed E-state index contributed by atoms with van der Waals surface area (Å²) in [5, 5.41) is 11.4. The highest BCUT2D eigenvalue weighted by molar-refractivity contribution is 5.79. The molecule has 0 radical (unpaired) electrons. The Morgan fingerprint density at radius 3 is 2.69 bits per heavy atom. The van der Waals surface area contributed by atoms with Gasteiger partial charge in [-0.05, 0) is 64.5 Å². The summed E-state index contributed by atoms with van der Waals surface area (Å²) in [5.74, 6) is 1.68. The largest absolute Gasteiger partial charge is 0.492 e. The second-order valence-corrected chi connectivity index (χ2v) is 7.75. The quantitative estimate of drug-likeness (QED) is 0.499. The normalized spacial score (nSPS) is 12.9. The highest BCUT2D eigenvalue weighted by atomic mass is 16.5. The number of hydrogen-bond donors (Lipinski definition) is 2. The van der Waals surface area contributed by atoms with Gasteiger partial charge in [-0.25, -0.2) is 0 Å². The number of aryl methyl sites for hydroxylation is 2. The Balaban J connectivity index is 1.87. The van der Waals surface area contributed by atoms with E-state index in [2.05, 4.69) is 58.5 Å². The molecule has 2 aromatic rings. The number of guanidine groups is 1. The van der Waals surface area contributed by atoms with Gasteiger partial charge in [0.2, 0.25) is 0 Å². The van der Waals surface area contributed by atoms with E-state index in [-0.39, 0.29) is 6.04 Å². The molecule has 0 aliphatic rings. The molecule has 1 aromatic heterocycles. The fourth-order valence-corrected chi connectivity index (χ4v) is 3.18. The van der Waals surface area contributed by atoms with Crippen LogP contribution in [0, 0.1) is 13.8 Å². The smallest absolute Gasteiger partial charge is 0.191 e. The molecule has 0 fully saturated rings. The van der Waals surface area contributed by atoms with Crippen LogP contribution in [0.2, 0.25) is 0 Å². The number of hydrogen-bond acceptors (Lipinski definition) is 4. The lowest BCUT2D eigenvalue weighted by Crippen LogP contribution is -2.42. The van der Waals surface area contributed by atoms with Gasteiger partial charge >= 0.3 is 0 Å². The Morgan fingerprint density at radius 1 is 1.31 bits per heavy atom. The second-order valence-electron chi connectivity index (χ2n) is 7.75. The summed E-state index contributed by atoms with van der Waals surface area (Å²) in [6.07, 6.45) is 0.904. The summed E-state index contributed by atoms with van der Waals surface area (Å²) in [5.41, 5.74) is 4.75. The van der Waals surface area contributed by atoms with E-state index in [0.717, 1.165) is 35.9 Å². The van der Waals surface area contributed by atoms with Crippen LogP contribution in [-0.2, 0) is 20.0 Å². The Kier molecular flexibility index (Phi) is 8.51. The van der Waals surface area contributed by atoms with Crippen molar-refractivity contribution in [3.63, 3.8) is 0 Å². The van der Waals surface area contributed by atoms with Crippen LogP contribution < -0.4 is 15.4 Å². The molecular formula is C22H36N6O. The van der Waals surface area contributed by atoms with Gasteiger partial charge in [0.05, 0.1) is 5.69 Å². The molecule has 7 heteroatoms. The number of benzene rings is 1. The molecule has 0 aliphatic heterocycles. The van der Waals surface area contributed by atoms with Crippen LogP contribution in [0.5, 0.6) is 5.75 Å². The standard InChI is InChI=1S/C22H36N6O/c1-16(13-21-17(2)26-28(7)18(21)3)25-22(23-4)24-15-19-9-8-10-20(14-19)29-12-11-27(5)6/h8-10,14,16H,11-13,15H2,1-7H3,(H2,23,24,25). The first-order chi connectivity index (χ1) is 13.8. The molecule has 2 N–H and O–H groups in total. The number of nitrogens with one attached hydrogen (secondary N) is 2. The topological polar surface area (TPSA) is 66.7 Å². The van der Waals surface area contributed by atoms with Crippen molar-refractivity contribution in [2.75, 3.05) is 34.3 Å². The fraction of sp³-hybridized carbons (Fsp3) is 0.545. The average molecular weight is 401 g/mol. The van der Waals surface area contributed by atoms with Crippen molar-refractivity contribution < 1.29 is 4.74 Å². The van der Waals surface area contributed by atoms with Gasteiger partial charge in [0, 0.05) is 38.9 Å². The number of ether oxygens (including phenoxy) is 1. The zero-order valence-electron chi connectivity index (χ0n) is 18.9. The van der Waals surface area contributed by atoms with Crippen LogP contribution in [-0.4, -0.2) is 61.0 Å². The molecule has 1 atom stereocenters. The minimum atomic E-state index is 0.239. The van der Waals surface area contributed by atoms with Crippen molar-refractivity contribution in [1.82, 2.24) is 25.3 Å². The van der Waals surface area contributed by atoms with E-state index < -0.39 is 0 Å². The van der Waals surface area contributed by atoms with E-state index >= 15 is 0 Å². The third kappa shape index (κ3) is 7.09. The molecule has 1 heterocycles. The summed E-state index contributed by atoms with van der Waals surface area (Å²) in [6.45, 7) is 8.60. The predicted octanol–water partition coefficient (Wildman–Crippen LogP) is 2.27. The maximum Gasteiger partial charge on any atom is 0.191 e. The molecule has 0 aliphatic carbocycles. The minimum Gasteiger partial charge on any atom is -0.492 e. The van der Waals surface area contributed by atoms with Crippen molar-refractivity contribution >= 4 is 5.96 Å². The van der Waals surface area contributed by atoms with Gasteiger partial charge in [-0.3, -0.25) is 9.67 Å². The van der Waals surface area contributed by atoms with Crippen LogP contribution in [0.15, 0.2) is 29.3 Å². The first kappa shape index (κ1) is 22.7. The predicted molar refractivity (Wildman–Crippen MR) is 120 cm³/mol. The molecule has 0 saturated heterocycles. The molecular weight excluding hydrogens is 364 g/mol. The van der Waals surface area contributed by atoms with Gasteiger partial charge in [-0.15, -0.1) is 0 Å². The Bertz CT molecular complexity index is 812. The summed E-state index contributed by atoms with van der Waals surface area (Å²) >= 11 is 0. The van der Waals surface area contributed by atoms with Crippen LogP contribution in [0.4, 0.5) is 0 Å². The lowest BCUT2D eigenvalue weighted by Gasteiger charge is -2.18. The van der Waals surface area contributed by atoms with Gasteiger partial charge in [0.1, 0.15) is 12.4 Å². The Hall–Kier alpha value is -2.54. The van der Waals surface area contributed by atoms with Crippen LogP contribution in [0.3, 0.4) is 0 Å². The number of likely N-dealkylation sites (N-methyl/N-ethyl adjacent to an activating group) is 1. The molecule has 1 unspecified atom stereocenters. The van der Waals surface area contributed by atoms with E-state index in [1.165, 1.54) is 11.3 Å². The average Bonchev–Trinajstić information content (AvgIpc) is 2.91. The Morgan fingerprint density at radius 2 is 2.07 bits per heavy atom. The third-order valence-corrected chi connectivity index (χ3v) is 4.94. The molecule has 2 rings (SSSR count). The summed E-state index contributed by atoms with van der Waals surface area (Å²) < 4.78 is 7.77. The molecule has 0 bridgehead atoms. The molecule has 7 nitrogen and oxygen atoms in total. The number of nitrogens with zero attached hydrogens (tertiary/aromatic N) is 4. The minimum absolute atomic E-state index is 0.239. The lowest BCUT2D eigenvalue weighted by molar-refractivity contribution is 0.261. The first-order valence-corrected chi connectivity index (χ1v) is 10.1. The second kappa shape index (κ2) is 10.9. The maximum absolute atomic E-state index is 5.82. The number of aromatic nitrogens is 2. The van der Waals surface area contributed by atoms with Gasteiger partial charge in [-0.1, -0.05) is 12.1 Å². The SMILES string of the molecule is CN=C(NCc1cccc(OCCN(C)C)c1)NC(C)Cc1c(C)nn(C)c1C. The van der Waals surface area contributed by atoms with Crippen molar-refractivity contribution in [3.05, 3.63) is 46.8 Å². The number of rotatable bonds is 9. The lowest BCUT2D eigenvalue weighted by atomic mass is 10.1. The summed E-state index contributed by atoms with van der Waals surface area (Å²) in [7, 11) is 7.87. The van der Waals surface area contributed by atoms with Gasteiger partial charge in [-0.2, -0.15) is 5.10 Å². The molecule has 160 valence electrons. The highest BCUT2D eigenvalue weighted by Crippen LogP contribution is 2.15. The van der Waals surface area contributed by atoms with E-state index in [4.69, 9.17) is 4.74 Å². The molecule has 29 heavy (non-hydrogen) atoms. The van der Waals surface area contributed by atoms with E-state index in [1.54, 1.807) is 7.05 Å². The molecule has 0 spiro atoms. The van der Waals surface area contributed by atoms with Crippen LogP contribution in [0.1, 0.15) is 29.4 Å². The third-order valence-electron chi connectivity index (χ3n) is 4.94. The van der Waals surface area contributed by atoms with Gasteiger partial charge in [0.15, 0.2) is 5.96 Å². The van der Waals surface area contributed by atoms with Crippen LogP contribution >= 0.6 is 0 Å². The Labute approximate surface area is 175 Å². The van der Waals surface area contributed by atoms with Crippen molar-refractivity contribution in [2.45, 2.75) is 39.8 Å². The zero-order valence-corrected chi connectivity index (χ0v) is 18.9. The summed E-state index contributed by atoms with van der Waals surface area (Å²) in [6, 6.07) is 8.41. The molecule has 0 amide bonds. The highest BCUT2D eigenvalue weighted by Gasteiger charge is 2.14. The molecule has 1 aromatic carbocycles. The van der Waals surface area contributed by atoms with Crippen molar-refractivity contribution in [3.8, 4) is 5.75 Å². The van der Waals surface area contributed by atoms with Crippen LogP contribution in [0.25, 0.3) is 0 Å². The zero-order chi connectivity index (χ0) is 21.4. The van der Waals surface area contributed by atoms with Gasteiger partial charge in [0.25, 0.3) is 0 Å². The van der Waals surface area contributed by atoms with E-state index in [1.807, 2.05) is 38.0 Å². The monoisotopic (exact) mass is 400 g/mol. The number of aliphatic imine (C=N–C) groups is 1. The fourth-order valence-electron chi connectivity index (χ4n) is 3.18. The first-order valence-electron chi connectivity index (χ1n) is 10.1. The summed E-state index contributed by atoms with van der Waals surface area (Å²) in [4.78, 5) is 6.47. The maximum atomic E-state index is 5.82. The van der Waals surface area contributed by atoms with Crippen molar-refractivity contribution in [1.29, 1.82) is 0 Å². The van der Waals surface area contributed by atoms with E-state index in [0.29, 0.717) is 13.2 Å².